The second-order valence-electron chi connectivity index (χ2n) is 6.57. The molecular formula is C18H18N2O2. The highest BCUT2D eigenvalue weighted by atomic mass is 16.3. The van der Waals surface area contributed by atoms with Crippen LogP contribution >= 0.6 is 0 Å². The molecule has 4 heteroatoms. The van der Waals surface area contributed by atoms with Gasteiger partial charge in [0, 0.05) is 18.1 Å². The van der Waals surface area contributed by atoms with Crippen molar-refractivity contribution >= 4 is 21.9 Å². The second kappa shape index (κ2) is 4.46. The number of rotatable bonds is 1. The lowest BCUT2D eigenvalue weighted by molar-refractivity contribution is 0.0556. The molecule has 0 radical (unpaired) electrons. The summed E-state index contributed by atoms with van der Waals surface area (Å²) in [6.07, 6.45) is 4.35. The minimum Gasteiger partial charge on any atom is -0.456 e. The number of benzene rings is 1. The highest BCUT2D eigenvalue weighted by molar-refractivity contribution is 6.04. The normalized spacial score (nSPS) is 27.7. The van der Waals surface area contributed by atoms with Gasteiger partial charge in [0.1, 0.15) is 11.2 Å². The van der Waals surface area contributed by atoms with Crippen LogP contribution in [0.4, 0.5) is 0 Å². The Hall–Kier alpha value is -2.07. The molecule has 0 spiro atoms. The number of hydrogen-bond donors (Lipinski definition) is 0. The van der Waals surface area contributed by atoms with E-state index in [4.69, 9.17) is 4.42 Å². The summed E-state index contributed by atoms with van der Waals surface area (Å²) in [5.41, 5.74) is 1.59. The van der Waals surface area contributed by atoms with Gasteiger partial charge in [-0.3, -0.25) is 4.79 Å². The molecule has 0 amide bonds. The Morgan fingerprint density at radius 2 is 1.86 bits per heavy atom. The van der Waals surface area contributed by atoms with E-state index >= 15 is 0 Å². The highest BCUT2D eigenvalue weighted by Crippen LogP contribution is 2.35. The summed E-state index contributed by atoms with van der Waals surface area (Å²) in [6.45, 7) is 3.38. The fraction of sp³-hybridized carbons (Fsp3) is 0.389. The average molecular weight is 294 g/mol. The van der Waals surface area contributed by atoms with Crippen LogP contribution in [0.15, 0.2) is 45.7 Å². The van der Waals surface area contributed by atoms with Crippen LogP contribution in [0.5, 0.6) is 0 Å². The molecule has 3 aromatic rings. The summed E-state index contributed by atoms with van der Waals surface area (Å²) in [6, 6.07) is 10.1. The van der Waals surface area contributed by atoms with Crippen molar-refractivity contribution in [1.29, 1.82) is 0 Å². The quantitative estimate of drug-likeness (QED) is 0.692. The standard InChI is InChI=1S/C18H18N2O2/c21-18-17-13-3-1-2-4-15(13)22-16(17)7-10-20(18)14-11-19-8-5-12(14)6-9-19/h1-4,7,10,12,14H,5-6,8-9,11H2/t14-/m1/s1. The number of fused-ring (bicyclic) bond motifs is 6. The van der Waals surface area contributed by atoms with Gasteiger partial charge < -0.3 is 13.9 Å². The Kier molecular flexibility index (Phi) is 2.53. The van der Waals surface area contributed by atoms with Gasteiger partial charge >= 0.3 is 0 Å². The molecule has 3 saturated heterocycles. The van der Waals surface area contributed by atoms with Crippen LogP contribution in [-0.2, 0) is 0 Å². The lowest BCUT2D eigenvalue weighted by atomic mass is 9.84. The van der Waals surface area contributed by atoms with Gasteiger partial charge in [0.25, 0.3) is 5.56 Å². The van der Waals surface area contributed by atoms with Crippen molar-refractivity contribution in [2.45, 2.75) is 18.9 Å². The Morgan fingerprint density at radius 3 is 2.64 bits per heavy atom. The molecule has 1 atom stereocenters. The molecule has 0 unspecified atom stereocenters. The number of aromatic nitrogens is 1. The third kappa shape index (κ3) is 1.64. The van der Waals surface area contributed by atoms with E-state index in [-0.39, 0.29) is 5.56 Å². The first kappa shape index (κ1) is 12.5. The second-order valence-corrected chi connectivity index (χ2v) is 6.57. The molecule has 3 aliphatic rings. The predicted molar refractivity (Wildman–Crippen MR) is 86.2 cm³/mol. The van der Waals surface area contributed by atoms with Crippen molar-refractivity contribution in [2.75, 3.05) is 19.6 Å². The van der Waals surface area contributed by atoms with Crippen molar-refractivity contribution in [3.05, 3.63) is 46.9 Å². The first-order chi connectivity index (χ1) is 10.8. The van der Waals surface area contributed by atoms with Gasteiger partial charge in [-0.15, -0.1) is 0 Å². The maximum atomic E-state index is 13.1. The lowest BCUT2D eigenvalue weighted by Gasteiger charge is -2.45. The van der Waals surface area contributed by atoms with Crippen molar-refractivity contribution in [3.8, 4) is 0 Å². The summed E-state index contributed by atoms with van der Waals surface area (Å²) < 4.78 is 7.77. The molecule has 3 fully saturated rings. The number of para-hydroxylation sites is 1. The minimum absolute atomic E-state index is 0.0983. The third-order valence-electron chi connectivity index (χ3n) is 5.44. The monoisotopic (exact) mass is 294 g/mol. The van der Waals surface area contributed by atoms with E-state index in [1.807, 2.05) is 41.1 Å². The fourth-order valence-corrected chi connectivity index (χ4v) is 4.26. The molecule has 3 aliphatic heterocycles. The molecule has 1 aromatic carbocycles. The highest BCUT2D eigenvalue weighted by Gasteiger charge is 2.35. The maximum absolute atomic E-state index is 13.1. The lowest BCUT2D eigenvalue weighted by Crippen LogP contribution is -2.49. The van der Waals surface area contributed by atoms with E-state index in [1.165, 1.54) is 25.9 Å². The molecule has 22 heavy (non-hydrogen) atoms. The number of nitrogens with zero attached hydrogens (tertiary/aromatic N) is 2. The van der Waals surface area contributed by atoms with E-state index in [2.05, 4.69) is 4.90 Å². The summed E-state index contributed by atoms with van der Waals surface area (Å²) in [5.74, 6) is 0.637. The fourth-order valence-electron chi connectivity index (χ4n) is 4.26. The van der Waals surface area contributed by atoms with Crippen molar-refractivity contribution in [2.24, 2.45) is 5.92 Å². The number of hydrogen-bond acceptors (Lipinski definition) is 3. The molecule has 4 nitrogen and oxygen atoms in total. The molecular weight excluding hydrogens is 276 g/mol. The summed E-state index contributed by atoms with van der Waals surface area (Å²) >= 11 is 0. The maximum Gasteiger partial charge on any atom is 0.262 e. The summed E-state index contributed by atoms with van der Waals surface area (Å²) in [4.78, 5) is 15.5. The van der Waals surface area contributed by atoms with E-state index < -0.39 is 0 Å². The Bertz CT molecular complexity index is 916. The van der Waals surface area contributed by atoms with Gasteiger partial charge in [0.2, 0.25) is 0 Å². The Balaban J connectivity index is 1.73. The number of furan rings is 1. The summed E-state index contributed by atoms with van der Waals surface area (Å²) in [5, 5.41) is 1.66. The first-order valence-electron chi connectivity index (χ1n) is 8.06. The van der Waals surface area contributed by atoms with E-state index in [1.54, 1.807) is 0 Å². The zero-order valence-corrected chi connectivity index (χ0v) is 12.4. The van der Waals surface area contributed by atoms with Crippen LogP contribution in [0.2, 0.25) is 0 Å². The van der Waals surface area contributed by atoms with Crippen molar-refractivity contribution < 1.29 is 4.42 Å². The first-order valence-corrected chi connectivity index (χ1v) is 8.06. The van der Waals surface area contributed by atoms with Crippen LogP contribution in [-0.4, -0.2) is 29.1 Å². The van der Waals surface area contributed by atoms with Crippen molar-refractivity contribution in [3.63, 3.8) is 0 Å². The SMILES string of the molecule is O=c1c2c(ccn1[C@@H]1CN3CCC1CC3)oc1ccccc12. The zero-order chi connectivity index (χ0) is 14.7. The molecule has 2 aromatic heterocycles. The van der Waals surface area contributed by atoms with Gasteiger partial charge in [0.05, 0.1) is 11.4 Å². The molecule has 2 bridgehead atoms. The van der Waals surface area contributed by atoms with E-state index in [0.29, 0.717) is 17.5 Å². The third-order valence-corrected chi connectivity index (χ3v) is 5.44. The van der Waals surface area contributed by atoms with Crippen LogP contribution in [0.25, 0.3) is 21.9 Å². The molecule has 112 valence electrons. The van der Waals surface area contributed by atoms with Crippen molar-refractivity contribution in [1.82, 2.24) is 9.47 Å². The molecule has 0 saturated carbocycles. The zero-order valence-electron chi connectivity index (χ0n) is 12.4. The topological polar surface area (TPSA) is 38.4 Å². The molecule has 5 heterocycles. The smallest absolute Gasteiger partial charge is 0.262 e. The summed E-state index contributed by atoms with van der Waals surface area (Å²) in [7, 11) is 0. The van der Waals surface area contributed by atoms with Crippen LogP contribution in [0.3, 0.4) is 0 Å². The minimum atomic E-state index is 0.0983. The predicted octanol–water partition coefficient (Wildman–Crippen LogP) is 3.01. The average Bonchev–Trinajstić information content (AvgIpc) is 2.95. The number of pyridine rings is 1. The molecule has 6 rings (SSSR count). The van der Waals surface area contributed by atoms with E-state index in [9.17, 15) is 4.79 Å². The molecule has 0 N–H and O–H groups in total. The van der Waals surface area contributed by atoms with Crippen LogP contribution in [0, 0.1) is 5.92 Å². The van der Waals surface area contributed by atoms with Gasteiger partial charge in [0.15, 0.2) is 0 Å². The van der Waals surface area contributed by atoms with Gasteiger partial charge in [-0.05, 0) is 44.0 Å². The van der Waals surface area contributed by atoms with Gasteiger partial charge in [-0.2, -0.15) is 0 Å². The Labute approximate surface area is 127 Å². The Morgan fingerprint density at radius 1 is 1.05 bits per heavy atom. The largest absolute Gasteiger partial charge is 0.456 e. The van der Waals surface area contributed by atoms with E-state index in [0.717, 1.165) is 22.9 Å². The number of piperidine rings is 3. The van der Waals surface area contributed by atoms with Gasteiger partial charge in [-0.1, -0.05) is 18.2 Å². The van der Waals surface area contributed by atoms with Crippen LogP contribution in [0.1, 0.15) is 18.9 Å². The van der Waals surface area contributed by atoms with Gasteiger partial charge in [-0.25, -0.2) is 0 Å². The molecule has 0 aliphatic carbocycles. The van der Waals surface area contributed by atoms with Crippen LogP contribution < -0.4 is 5.56 Å².